The average molecular weight is 288 g/mol. The summed E-state index contributed by atoms with van der Waals surface area (Å²) in [4.78, 5) is 6.56. The smallest absolute Gasteiger partial charge is 0.246 e. The van der Waals surface area contributed by atoms with Gasteiger partial charge in [-0.1, -0.05) is 12.1 Å². The van der Waals surface area contributed by atoms with E-state index in [1.807, 2.05) is 13.8 Å². The minimum Gasteiger partial charge on any atom is -0.372 e. The Morgan fingerprint density at radius 2 is 2.00 bits per heavy atom. The first-order valence-electron chi connectivity index (χ1n) is 6.98. The van der Waals surface area contributed by atoms with Crippen LogP contribution in [0, 0.1) is 5.82 Å². The van der Waals surface area contributed by atoms with Crippen LogP contribution in [-0.4, -0.2) is 40.5 Å². The van der Waals surface area contributed by atoms with Gasteiger partial charge in [0.2, 0.25) is 5.95 Å². The monoisotopic (exact) mass is 288 g/mol. The quantitative estimate of drug-likeness (QED) is 0.848. The summed E-state index contributed by atoms with van der Waals surface area (Å²) in [5, 5.41) is 8.09. The number of anilines is 1. The molecule has 0 unspecified atom stereocenters. The van der Waals surface area contributed by atoms with E-state index in [1.54, 1.807) is 18.3 Å². The molecule has 2 atom stereocenters. The first kappa shape index (κ1) is 13.9. The van der Waals surface area contributed by atoms with E-state index in [0.717, 1.165) is 13.1 Å². The third kappa shape index (κ3) is 3.16. The summed E-state index contributed by atoms with van der Waals surface area (Å²) in [6.45, 7) is 5.48. The predicted molar refractivity (Wildman–Crippen MR) is 77.4 cm³/mol. The van der Waals surface area contributed by atoms with Crippen LogP contribution in [0.2, 0.25) is 0 Å². The summed E-state index contributed by atoms with van der Waals surface area (Å²) >= 11 is 0. The number of morpholine rings is 1. The molecular formula is C15H17FN4O. The van der Waals surface area contributed by atoms with Crippen molar-refractivity contribution in [2.75, 3.05) is 18.0 Å². The van der Waals surface area contributed by atoms with Crippen molar-refractivity contribution in [3.8, 4) is 11.3 Å². The molecule has 0 radical (unpaired) electrons. The molecule has 1 aliphatic heterocycles. The highest BCUT2D eigenvalue weighted by molar-refractivity contribution is 5.59. The number of nitrogens with zero attached hydrogens (tertiary/aromatic N) is 4. The van der Waals surface area contributed by atoms with E-state index in [0.29, 0.717) is 17.2 Å². The Morgan fingerprint density at radius 3 is 2.71 bits per heavy atom. The lowest BCUT2D eigenvalue weighted by atomic mass is 10.1. The maximum Gasteiger partial charge on any atom is 0.246 e. The van der Waals surface area contributed by atoms with Gasteiger partial charge in [-0.15, -0.1) is 5.10 Å². The number of hydrogen-bond donors (Lipinski definition) is 0. The van der Waals surface area contributed by atoms with E-state index in [1.165, 1.54) is 12.1 Å². The summed E-state index contributed by atoms with van der Waals surface area (Å²) in [6, 6.07) is 6.31. The van der Waals surface area contributed by atoms with Crippen LogP contribution in [0.4, 0.5) is 10.3 Å². The summed E-state index contributed by atoms with van der Waals surface area (Å²) in [5.41, 5.74) is 1.31. The largest absolute Gasteiger partial charge is 0.372 e. The Labute approximate surface area is 122 Å². The second-order valence-corrected chi connectivity index (χ2v) is 5.31. The fourth-order valence-electron chi connectivity index (χ4n) is 2.56. The standard InChI is InChI=1S/C15H17FN4O/c1-10-8-20(9-11(2)21-10)15-18-14(7-17-19-15)12-4-3-5-13(16)6-12/h3-7,10-11H,8-9H2,1-2H3/t10-,11+. The first-order chi connectivity index (χ1) is 10.1. The number of halogens is 1. The predicted octanol–water partition coefficient (Wildman–Crippen LogP) is 2.29. The van der Waals surface area contributed by atoms with E-state index in [9.17, 15) is 4.39 Å². The summed E-state index contributed by atoms with van der Waals surface area (Å²) in [7, 11) is 0. The Bertz CT molecular complexity index is 627. The molecule has 2 aromatic rings. The molecule has 1 aromatic heterocycles. The molecule has 0 aliphatic carbocycles. The maximum absolute atomic E-state index is 13.3. The number of ether oxygens (including phenoxy) is 1. The highest BCUT2D eigenvalue weighted by atomic mass is 19.1. The molecular weight excluding hydrogens is 271 g/mol. The van der Waals surface area contributed by atoms with Crippen LogP contribution in [0.1, 0.15) is 13.8 Å². The molecule has 0 saturated carbocycles. The molecule has 110 valence electrons. The lowest BCUT2D eigenvalue weighted by Gasteiger charge is -2.35. The second-order valence-electron chi connectivity index (χ2n) is 5.31. The van der Waals surface area contributed by atoms with Gasteiger partial charge in [0.05, 0.1) is 24.1 Å². The van der Waals surface area contributed by atoms with Crippen molar-refractivity contribution >= 4 is 5.95 Å². The van der Waals surface area contributed by atoms with Gasteiger partial charge in [0.25, 0.3) is 0 Å². The number of aromatic nitrogens is 3. The number of benzene rings is 1. The van der Waals surface area contributed by atoms with Crippen LogP contribution in [0.15, 0.2) is 30.5 Å². The van der Waals surface area contributed by atoms with Crippen LogP contribution in [-0.2, 0) is 4.74 Å². The third-order valence-electron chi connectivity index (χ3n) is 3.37. The first-order valence-corrected chi connectivity index (χ1v) is 6.98. The van der Waals surface area contributed by atoms with Gasteiger partial charge in [0.15, 0.2) is 0 Å². The van der Waals surface area contributed by atoms with E-state index in [2.05, 4.69) is 20.1 Å². The van der Waals surface area contributed by atoms with Crippen molar-refractivity contribution in [2.24, 2.45) is 0 Å². The van der Waals surface area contributed by atoms with Crippen LogP contribution < -0.4 is 4.90 Å². The van der Waals surface area contributed by atoms with E-state index in [-0.39, 0.29) is 18.0 Å². The zero-order chi connectivity index (χ0) is 14.8. The number of rotatable bonds is 2. The van der Waals surface area contributed by atoms with Gasteiger partial charge in [0, 0.05) is 18.7 Å². The van der Waals surface area contributed by atoms with Crippen LogP contribution in [0.25, 0.3) is 11.3 Å². The van der Waals surface area contributed by atoms with Crippen molar-refractivity contribution in [3.63, 3.8) is 0 Å². The minimum atomic E-state index is -0.290. The lowest BCUT2D eigenvalue weighted by Crippen LogP contribution is -2.46. The van der Waals surface area contributed by atoms with Crippen molar-refractivity contribution in [2.45, 2.75) is 26.1 Å². The van der Waals surface area contributed by atoms with Crippen LogP contribution in [0.3, 0.4) is 0 Å². The topological polar surface area (TPSA) is 51.1 Å². The van der Waals surface area contributed by atoms with Crippen molar-refractivity contribution in [1.29, 1.82) is 0 Å². The molecule has 0 N–H and O–H groups in total. The zero-order valence-corrected chi connectivity index (χ0v) is 12.0. The molecule has 2 heterocycles. The normalized spacial score (nSPS) is 22.3. The van der Waals surface area contributed by atoms with E-state index in [4.69, 9.17) is 4.74 Å². The van der Waals surface area contributed by atoms with Gasteiger partial charge in [-0.25, -0.2) is 9.37 Å². The fraction of sp³-hybridized carbons (Fsp3) is 0.400. The minimum absolute atomic E-state index is 0.121. The Balaban J connectivity index is 1.89. The van der Waals surface area contributed by atoms with E-state index >= 15 is 0 Å². The zero-order valence-electron chi connectivity index (χ0n) is 12.0. The molecule has 0 bridgehead atoms. The molecule has 5 nitrogen and oxygen atoms in total. The molecule has 1 aromatic carbocycles. The maximum atomic E-state index is 13.3. The highest BCUT2D eigenvalue weighted by Crippen LogP contribution is 2.21. The summed E-state index contributed by atoms with van der Waals surface area (Å²) in [6.07, 6.45) is 1.79. The molecule has 1 saturated heterocycles. The van der Waals surface area contributed by atoms with Gasteiger partial charge < -0.3 is 9.64 Å². The Hall–Kier alpha value is -2.08. The molecule has 1 fully saturated rings. The molecule has 1 aliphatic rings. The summed E-state index contributed by atoms with van der Waals surface area (Å²) < 4.78 is 19.0. The van der Waals surface area contributed by atoms with Crippen LogP contribution >= 0.6 is 0 Å². The third-order valence-corrected chi connectivity index (χ3v) is 3.37. The highest BCUT2D eigenvalue weighted by Gasteiger charge is 2.24. The fourth-order valence-corrected chi connectivity index (χ4v) is 2.56. The van der Waals surface area contributed by atoms with Gasteiger partial charge in [-0.2, -0.15) is 5.10 Å². The lowest BCUT2D eigenvalue weighted by molar-refractivity contribution is -0.00576. The molecule has 6 heteroatoms. The average Bonchev–Trinajstić information content (AvgIpc) is 2.46. The number of hydrogen-bond acceptors (Lipinski definition) is 5. The van der Waals surface area contributed by atoms with Gasteiger partial charge >= 0.3 is 0 Å². The van der Waals surface area contributed by atoms with Crippen molar-refractivity contribution in [3.05, 3.63) is 36.3 Å². The molecule has 3 rings (SSSR count). The van der Waals surface area contributed by atoms with Crippen molar-refractivity contribution < 1.29 is 9.13 Å². The molecule has 0 spiro atoms. The van der Waals surface area contributed by atoms with E-state index < -0.39 is 0 Å². The van der Waals surface area contributed by atoms with Gasteiger partial charge in [-0.05, 0) is 26.0 Å². The second kappa shape index (κ2) is 5.73. The Morgan fingerprint density at radius 1 is 1.24 bits per heavy atom. The van der Waals surface area contributed by atoms with Crippen molar-refractivity contribution in [1.82, 2.24) is 15.2 Å². The van der Waals surface area contributed by atoms with Crippen LogP contribution in [0.5, 0.6) is 0 Å². The Kier molecular flexibility index (Phi) is 3.79. The van der Waals surface area contributed by atoms with Gasteiger partial charge in [0.1, 0.15) is 5.82 Å². The summed E-state index contributed by atoms with van der Waals surface area (Å²) in [5.74, 6) is 0.264. The molecule has 21 heavy (non-hydrogen) atoms. The molecule has 0 amide bonds. The van der Waals surface area contributed by atoms with Gasteiger partial charge in [-0.3, -0.25) is 0 Å². The SMILES string of the molecule is C[C@@H]1CN(c2nncc(-c3cccc(F)c3)n2)C[C@H](C)O1.